The lowest BCUT2D eigenvalue weighted by atomic mass is 9.93. The highest BCUT2D eigenvalue weighted by atomic mass is 16.6. The topological polar surface area (TPSA) is 120 Å². The first kappa shape index (κ1) is 27.9. The van der Waals surface area contributed by atoms with Gasteiger partial charge in [-0.1, -0.05) is 30.3 Å². The van der Waals surface area contributed by atoms with Crippen LogP contribution in [0.2, 0.25) is 0 Å². The average Bonchev–Trinajstić information content (AvgIpc) is 3.52. The van der Waals surface area contributed by atoms with Crippen molar-refractivity contribution in [3.8, 4) is 34.4 Å². The van der Waals surface area contributed by atoms with Crippen LogP contribution in [-0.4, -0.2) is 56.1 Å². The van der Waals surface area contributed by atoms with Gasteiger partial charge in [-0.05, 0) is 46.8 Å². The number of aryl methyl sites for hydroxylation is 1. The summed E-state index contributed by atoms with van der Waals surface area (Å²) in [5.74, 6) is 1.04. The van der Waals surface area contributed by atoms with Gasteiger partial charge in [0.05, 0.1) is 25.3 Å². The molecule has 4 aromatic rings. The van der Waals surface area contributed by atoms with Crippen molar-refractivity contribution < 1.29 is 28.5 Å². The summed E-state index contributed by atoms with van der Waals surface area (Å²) in [6.07, 6.45) is 1.95. The van der Waals surface area contributed by atoms with E-state index in [2.05, 4.69) is 10.1 Å². The summed E-state index contributed by atoms with van der Waals surface area (Å²) in [6, 6.07) is 13.7. The van der Waals surface area contributed by atoms with Crippen LogP contribution >= 0.6 is 0 Å². The molecular weight excluding hydrogens is 526 g/mol. The molecule has 11 heteroatoms. The van der Waals surface area contributed by atoms with Gasteiger partial charge in [-0.25, -0.2) is 24.2 Å². The quantitative estimate of drug-likeness (QED) is 0.216. The van der Waals surface area contributed by atoms with Crippen molar-refractivity contribution in [1.82, 2.24) is 24.3 Å². The molecule has 5 rings (SSSR count). The van der Waals surface area contributed by atoms with Crippen LogP contribution in [0, 0.1) is 6.92 Å². The second kappa shape index (κ2) is 11.4. The fourth-order valence-electron chi connectivity index (χ4n) is 4.77. The maximum atomic E-state index is 13.4. The van der Waals surface area contributed by atoms with Crippen LogP contribution in [0.3, 0.4) is 0 Å². The number of aromatic nitrogens is 5. The minimum atomic E-state index is -2.17. The number of fused-ring (bicyclic) bond motifs is 3. The van der Waals surface area contributed by atoms with E-state index < -0.39 is 17.5 Å². The normalized spacial score (nSPS) is 12.6. The zero-order valence-corrected chi connectivity index (χ0v) is 23.8. The molecule has 11 nitrogen and oxygen atoms in total. The highest BCUT2D eigenvalue weighted by molar-refractivity contribution is 6.05. The minimum absolute atomic E-state index is 0.0541. The number of hydrogen-bond acceptors (Lipinski definition) is 9. The van der Waals surface area contributed by atoms with Crippen molar-refractivity contribution in [2.45, 2.75) is 52.8 Å². The van der Waals surface area contributed by atoms with E-state index in [9.17, 15) is 9.59 Å². The first-order valence-electron chi connectivity index (χ1n) is 13.6. The number of hydrogen-bond donors (Lipinski definition) is 0. The summed E-state index contributed by atoms with van der Waals surface area (Å²) < 4.78 is 26.9. The molecule has 0 spiro atoms. The number of carbonyl (C=O) groups is 2. The monoisotopic (exact) mass is 559 g/mol. The van der Waals surface area contributed by atoms with Gasteiger partial charge in [0.2, 0.25) is 0 Å². The van der Waals surface area contributed by atoms with Crippen molar-refractivity contribution in [2.75, 3.05) is 19.8 Å². The zero-order valence-electron chi connectivity index (χ0n) is 23.8. The molecule has 0 aliphatic carbocycles. The summed E-state index contributed by atoms with van der Waals surface area (Å²) in [7, 11) is 0. The third-order valence-electron chi connectivity index (χ3n) is 6.59. The second-order valence-corrected chi connectivity index (χ2v) is 9.76. The van der Waals surface area contributed by atoms with Crippen LogP contribution in [0.1, 0.15) is 45.1 Å². The number of esters is 2. The summed E-state index contributed by atoms with van der Waals surface area (Å²) in [6.45, 7) is 10.3. The molecule has 0 saturated carbocycles. The Morgan fingerprint density at radius 3 is 2.37 bits per heavy atom. The molecule has 0 unspecified atom stereocenters. The number of benzene rings is 2. The summed E-state index contributed by atoms with van der Waals surface area (Å²) in [5, 5.41) is 4.52. The predicted octanol–water partition coefficient (Wildman–Crippen LogP) is 4.49. The largest absolute Gasteiger partial charge is 0.491 e. The predicted molar refractivity (Wildman–Crippen MR) is 149 cm³/mol. The summed E-state index contributed by atoms with van der Waals surface area (Å²) in [4.78, 5) is 36.3. The fourth-order valence-corrected chi connectivity index (χ4v) is 4.77. The van der Waals surface area contributed by atoms with E-state index in [0.29, 0.717) is 42.1 Å². The molecule has 0 fully saturated rings. The van der Waals surface area contributed by atoms with Crippen molar-refractivity contribution in [2.24, 2.45) is 0 Å². The Labute approximate surface area is 238 Å². The first-order valence-corrected chi connectivity index (χ1v) is 13.6. The van der Waals surface area contributed by atoms with Gasteiger partial charge in [0.1, 0.15) is 35.4 Å². The van der Waals surface area contributed by atoms with Gasteiger partial charge >= 0.3 is 17.5 Å². The van der Waals surface area contributed by atoms with E-state index in [1.807, 2.05) is 36.2 Å². The van der Waals surface area contributed by atoms with Crippen molar-refractivity contribution >= 4 is 11.9 Å². The van der Waals surface area contributed by atoms with Crippen LogP contribution in [0.15, 0.2) is 54.7 Å². The van der Waals surface area contributed by atoms with Gasteiger partial charge in [0, 0.05) is 23.9 Å². The molecule has 214 valence electrons. The Balaban J connectivity index is 1.57. The van der Waals surface area contributed by atoms with E-state index >= 15 is 0 Å². The Bertz CT molecular complexity index is 1540. The summed E-state index contributed by atoms with van der Waals surface area (Å²) in [5.41, 5.74) is -0.449. The molecule has 0 radical (unpaired) electrons. The van der Waals surface area contributed by atoms with Crippen LogP contribution in [-0.2, 0) is 31.2 Å². The molecule has 2 aromatic heterocycles. The Kier molecular flexibility index (Phi) is 7.78. The molecule has 2 aromatic carbocycles. The maximum Gasteiger partial charge on any atom is 0.367 e. The van der Waals surface area contributed by atoms with Gasteiger partial charge in [0.25, 0.3) is 0 Å². The molecule has 41 heavy (non-hydrogen) atoms. The number of carbonyl (C=O) groups excluding carboxylic acids is 2. The minimum Gasteiger partial charge on any atom is -0.491 e. The number of ether oxygens (including phenoxy) is 4. The van der Waals surface area contributed by atoms with Crippen LogP contribution in [0.25, 0.3) is 22.9 Å². The van der Waals surface area contributed by atoms with Gasteiger partial charge < -0.3 is 23.5 Å². The number of imidazole rings is 1. The Morgan fingerprint density at radius 1 is 1.00 bits per heavy atom. The molecule has 1 aliphatic rings. The molecule has 0 bridgehead atoms. The van der Waals surface area contributed by atoms with Crippen molar-refractivity contribution in [3.63, 3.8) is 0 Å². The van der Waals surface area contributed by atoms with E-state index in [1.54, 1.807) is 62.4 Å². The van der Waals surface area contributed by atoms with Crippen molar-refractivity contribution in [1.29, 1.82) is 0 Å². The lowest BCUT2D eigenvalue weighted by molar-refractivity contribution is -0.181. The number of nitrogens with zero attached hydrogens (tertiary/aromatic N) is 5. The summed E-state index contributed by atoms with van der Waals surface area (Å²) >= 11 is 0. The SMILES string of the molecule is CCOC(=O)C(Oc1ccc2c(c1)OCCn1cc(-c3nc(C)nn3C(C)C)nc1-2)(C(=O)OCC)c1ccccc1. The van der Waals surface area contributed by atoms with Gasteiger partial charge in [-0.2, -0.15) is 5.10 Å². The average molecular weight is 560 g/mol. The smallest absolute Gasteiger partial charge is 0.367 e. The van der Waals surface area contributed by atoms with E-state index in [4.69, 9.17) is 23.9 Å². The lowest BCUT2D eigenvalue weighted by Gasteiger charge is -2.30. The lowest BCUT2D eigenvalue weighted by Crippen LogP contribution is -2.51. The second-order valence-electron chi connectivity index (χ2n) is 9.76. The fraction of sp³-hybridized carbons (Fsp3) is 0.367. The van der Waals surface area contributed by atoms with Crippen LogP contribution in [0.5, 0.6) is 11.5 Å². The van der Waals surface area contributed by atoms with Crippen LogP contribution in [0.4, 0.5) is 0 Å². The van der Waals surface area contributed by atoms with Gasteiger partial charge in [0.15, 0.2) is 5.82 Å². The molecular formula is C30H33N5O6. The molecule has 0 saturated heterocycles. The highest BCUT2D eigenvalue weighted by Crippen LogP contribution is 2.39. The first-order chi connectivity index (χ1) is 19.8. The maximum absolute atomic E-state index is 13.4. The van der Waals surface area contributed by atoms with E-state index in [1.165, 1.54) is 0 Å². The number of rotatable bonds is 9. The molecule has 0 atom stereocenters. The Morgan fingerprint density at radius 2 is 1.71 bits per heavy atom. The zero-order chi connectivity index (χ0) is 29.1. The van der Waals surface area contributed by atoms with Gasteiger partial charge in [-0.3, -0.25) is 0 Å². The van der Waals surface area contributed by atoms with Crippen LogP contribution < -0.4 is 9.47 Å². The molecule has 0 amide bonds. The third kappa shape index (κ3) is 5.15. The Hall–Kier alpha value is -4.67. The van der Waals surface area contributed by atoms with E-state index in [-0.39, 0.29) is 30.6 Å². The third-order valence-corrected chi connectivity index (χ3v) is 6.59. The molecule has 3 heterocycles. The van der Waals surface area contributed by atoms with Crippen molar-refractivity contribution in [3.05, 3.63) is 66.1 Å². The molecule has 1 aliphatic heterocycles. The molecule has 0 N–H and O–H groups in total. The highest BCUT2D eigenvalue weighted by Gasteiger charge is 2.54. The standard InChI is InChI=1S/C30H33N5O6/c1-6-38-28(36)30(29(37)39-7-2,21-11-9-8-10-12-21)41-22-13-14-23-25(17-22)40-16-15-34-18-24(32-26(23)34)27-31-20(5)33-35(27)19(3)4/h8-14,17-19H,6-7,15-16H2,1-5H3. The van der Waals surface area contributed by atoms with Gasteiger partial charge in [-0.15, -0.1) is 0 Å². The van der Waals surface area contributed by atoms with E-state index in [0.717, 1.165) is 5.56 Å².